The molecule has 0 unspecified atom stereocenters. The van der Waals surface area contributed by atoms with E-state index in [0.717, 1.165) is 36.6 Å². The summed E-state index contributed by atoms with van der Waals surface area (Å²) in [6, 6.07) is 4.16. The highest BCUT2D eigenvalue weighted by molar-refractivity contribution is 7.98. The molecule has 2 heterocycles. The zero-order valence-corrected chi connectivity index (χ0v) is 10.6. The third-order valence-corrected chi connectivity index (χ3v) is 3.80. The van der Waals surface area contributed by atoms with E-state index in [0.29, 0.717) is 0 Å². The van der Waals surface area contributed by atoms with E-state index >= 15 is 0 Å². The van der Waals surface area contributed by atoms with Gasteiger partial charge in [-0.2, -0.15) is 0 Å². The first kappa shape index (κ1) is 11.7. The molecule has 1 N–H and O–H groups in total. The van der Waals surface area contributed by atoms with Crippen LogP contribution in [0.5, 0.6) is 0 Å². The van der Waals surface area contributed by atoms with Crippen LogP contribution in [0.15, 0.2) is 23.4 Å². The van der Waals surface area contributed by atoms with E-state index in [1.54, 1.807) is 11.8 Å². The number of nitrogens with zero attached hydrogens (tertiary/aromatic N) is 2. The summed E-state index contributed by atoms with van der Waals surface area (Å²) in [5.41, 5.74) is 0.677. The van der Waals surface area contributed by atoms with Crippen molar-refractivity contribution in [1.82, 2.24) is 4.98 Å². The van der Waals surface area contributed by atoms with Gasteiger partial charge >= 0.3 is 0 Å². The minimum absolute atomic E-state index is 0.483. The Bertz CT molecular complexity index is 341. The van der Waals surface area contributed by atoms with Crippen LogP contribution in [0.25, 0.3) is 0 Å². The Balaban J connectivity index is 2.03. The molecule has 16 heavy (non-hydrogen) atoms. The molecule has 0 spiro atoms. The predicted molar refractivity (Wildman–Crippen MR) is 68.1 cm³/mol. The lowest BCUT2D eigenvalue weighted by atomic mass is 9.94. The maximum atomic E-state index is 9.88. The maximum Gasteiger partial charge on any atom is 0.0958 e. The molecule has 1 fully saturated rings. The van der Waals surface area contributed by atoms with Crippen molar-refractivity contribution >= 4 is 17.4 Å². The second-order valence-electron chi connectivity index (χ2n) is 4.54. The first-order chi connectivity index (χ1) is 7.61. The molecule has 1 aliphatic heterocycles. The molecule has 0 bridgehead atoms. The van der Waals surface area contributed by atoms with Gasteiger partial charge in [-0.25, -0.2) is 4.98 Å². The second-order valence-corrected chi connectivity index (χ2v) is 5.37. The van der Waals surface area contributed by atoms with Crippen molar-refractivity contribution in [3.05, 3.63) is 18.3 Å². The summed E-state index contributed by atoms with van der Waals surface area (Å²) in [5.74, 6) is 0. The highest BCUT2D eigenvalue weighted by Gasteiger charge is 2.27. The number of anilines is 1. The lowest BCUT2D eigenvalue weighted by molar-refractivity contribution is 0.0351. The van der Waals surface area contributed by atoms with Crippen molar-refractivity contribution in [2.45, 2.75) is 30.4 Å². The molecular formula is C12H18N2OS. The number of hydrogen-bond donors (Lipinski definition) is 1. The molecule has 2 rings (SSSR count). The lowest BCUT2D eigenvalue weighted by Crippen LogP contribution is -2.42. The first-order valence-electron chi connectivity index (χ1n) is 5.58. The Hall–Kier alpha value is -0.740. The van der Waals surface area contributed by atoms with Crippen molar-refractivity contribution in [2.75, 3.05) is 24.2 Å². The van der Waals surface area contributed by atoms with Gasteiger partial charge in [0.15, 0.2) is 0 Å². The van der Waals surface area contributed by atoms with E-state index in [4.69, 9.17) is 0 Å². The van der Waals surface area contributed by atoms with Crippen LogP contribution in [0.3, 0.4) is 0 Å². The molecule has 0 saturated carbocycles. The third-order valence-electron chi connectivity index (χ3n) is 3.14. The molecule has 0 aromatic carbocycles. The SMILES string of the molecule is CSc1ccc(N2CCC(C)(O)CC2)cn1. The standard InChI is InChI=1S/C12H18N2OS/c1-12(15)5-7-14(8-6-12)10-3-4-11(16-2)13-9-10/h3-4,9,15H,5-8H2,1-2H3. The highest BCUT2D eigenvalue weighted by Crippen LogP contribution is 2.26. The predicted octanol–water partition coefficient (Wildman–Crippen LogP) is 2.15. The third kappa shape index (κ3) is 2.68. The lowest BCUT2D eigenvalue weighted by Gasteiger charge is -2.36. The Morgan fingerprint density at radius 1 is 1.38 bits per heavy atom. The van der Waals surface area contributed by atoms with E-state index in [1.807, 2.05) is 25.4 Å². The first-order valence-corrected chi connectivity index (χ1v) is 6.81. The minimum Gasteiger partial charge on any atom is -0.390 e. The molecule has 0 aliphatic carbocycles. The summed E-state index contributed by atoms with van der Waals surface area (Å²) in [7, 11) is 0. The molecule has 1 aromatic heterocycles. The number of thioether (sulfide) groups is 1. The summed E-state index contributed by atoms with van der Waals surface area (Å²) in [6.45, 7) is 3.74. The fraction of sp³-hybridized carbons (Fsp3) is 0.583. The van der Waals surface area contributed by atoms with Crippen LogP contribution in [0.2, 0.25) is 0 Å². The van der Waals surface area contributed by atoms with E-state index in [1.165, 1.54) is 0 Å². The quantitative estimate of drug-likeness (QED) is 0.801. The van der Waals surface area contributed by atoms with Crippen LogP contribution in [0.1, 0.15) is 19.8 Å². The largest absolute Gasteiger partial charge is 0.390 e. The number of pyridine rings is 1. The molecule has 4 heteroatoms. The van der Waals surface area contributed by atoms with Gasteiger partial charge in [0.2, 0.25) is 0 Å². The zero-order chi connectivity index (χ0) is 11.6. The van der Waals surface area contributed by atoms with Crippen LogP contribution in [0, 0.1) is 0 Å². The van der Waals surface area contributed by atoms with Gasteiger partial charge in [0.25, 0.3) is 0 Å². The van der Waals surface area contributed by atoms with Crippen LogP contribution < -0.4 is 4.90 Å². The van der Waals surface area contributed by atoms with Gasteiger partial charge in [0.05, 0.1) is 22.5 Å². The molecule has 1 saturated heterocycles. The fourth-order valence-electron chi connectivity index (χ4n) is 1.93. The second kappa shape index (κ2) is 4.63. The van der Waals surface area contributed by atoms with Gasteiger partial charge in [-0.3, -0.25) is 0 Å². The average Bonchev–Trinajstić information content (AvgIpc) is 2.29. The van der Waals surface area contributed by atoms with Crippen LogP contribution in [0.4, 0.5) is 5.69 Å². The average molecular weight is 238 g/mol. The van der Waals surface area contributed by atoms with Crippen molar-refractivity contribution in [2.24, 2.45) is 0 Å². The highest BCUT2D eigenvalue weighted by atomic mass is 32.2. The molecule has 1 aromatic rings. The van der Waals surface area contributed by atoms with Crippen LogP contribution in [-0.4, -0.2) is 35.0 Å². The van der Waals surface area contributed by atoms with E-state index in [2.05, 4.69) is 16.0 Å². The molecule has 1 aliphatic rings. The minimum atomic E-state index is -0.483. The molecule has 0 amide bonds. The number of hydrogen-bond acceptors (Lipinski definition) is 4. The van der Waals surface area contributed by atoms with Crippen LogP contribution >= 0.6 is 11.8 Å². The number of aromatic nitrogens is 1. The number of piperidine rings is 1. The van der Waals surface area contributed by atoms with Crippen LogP contribution in [-0.2, 0) is 0 Å². The molecule has 0 radical (unpaired) electrons. The summed E-state index contributed by atoms with van der Waals surface area (Å²) in [4.78, 5) is 6.65. The molecule has 3 nitrogen and oxygen atoms in total. The Morgan fingerprint density at radius 2 is 2.06 bits per heavy atom. The van der Waals surface area contributed by atoms with Gasteiger partial charge in [0.1, 0.15) is 0 Å². The van der Waals surface area contributed by atoms with E-state index < -0.39 is 5.60 Å². The smallest absolute Gasteiger partial charge is 0.0958 e. The van der Waals surface area contributed by atoms with Gasteiger partial charge in [-0.05, 0) is 38.2 Å². The Morgan fingerprint density at radius 3 is 2.56 bits per heavy atom. The van der Waals surface area contributed by atoms with Crippen molar-refractivity contribution in [3.63, 3.8) is 0 Å². The number of aliphatic hydroxyl groups is 1. The summed E-state index contributed by atoms with van der Waals surface area (Å²) in [6.07, 6.45) is 5.61. The summed E-state index contributed by atoms with van der Waals surface area (Å²) < 4.78 is 0. The number of rotatable bonds is 2. The molecular weight excluding hydrogens is 220 g/mol. The zero-order valence-electron chi connectivity index (χ0n) is 9.81. The van der Waals surface area contributed by atoms with E-state index in [-0.39, 0.29) is 0 Å². The molecule has 88 valence electrons. The Labute approximate surface area is 101 Å². The van der Waals surface area contributed by atoms with Crippen molar-refractivity contribution in [3.8, 4) is 0 Å². The van der Waals surface area contributed by atoms with Gasteiger partial charge in [0, 0.05) is 13.1 Å². The fourth-order valence-corrected chi connectivity index (χ4v) is 2.29. The normalized spacial score (nSPS) is 19.8. The van der Waals surface area contributed by atoms with E-state index in [9.17, 15) is 5.11 Å². The maximum absolute atomic E-state index is 9.88. The van der Waals surface area contributed by atoms with Crippen molar-refractivity contribution < 1.29 is 5.11 Å². The summed E-state index contributed by atoms with van der Waals surface area (Å²) >= 11 is 1.65. The monoisotopic (exact) mass is 238 g/mol. The van der Waals surface area contributed by atoms with Crippen molar-refractivity contribution in [1.29, 1.82) is 0 Å². The van der Waals surface area contributed by atoms with Gasteiger partial charge in [-0.15, -0.1) is 11.8 Å². The molecule has 0 atom stereocenters. The topological polar surface area (TPSA) is 36.4 Å². The van der Waals surface area contributed by atoms with Gasteiger partial charge in [-0.1, -0.05) is 0 Å². The van der Waals surface area contributed by atoms with Gasteiger partial charge < -0.3 is 10.0 Å². The Kier molecular flexibility index (Phi) is 3.40. The summed E-state index contributed by atoms with van der Waals surface area (Å²) in [5, 5.41) is 10.9.